The summed E-state index contributed by atoms with van der Waals surface area (Å²) in [7, 11) is 2.06. The smallest absolute Gasteiger partial charge is 0.0317 e. The van der Waals surface area contributed by atoms with Gasteiger partial charge in [-0.3, -0.25) is 0 Å². The summed E-state index contributed by atoms with van der Waals surface area (Å²) in [6.45, 7) is 4.48. The first kappa shape index (κ1) is 15.3. The molecule has 0 aliphatic carbocycles. The zero-order chi connectivity index (χ0) is 14.4. The van der Waals surface area contributed by atoms with E-state index in [1.165, 1.54) is 35.3 Å². The molecule has 0 radical (unpaired) electrons. The number of benzene rings is 1. The predicted octanol–water partition coefficient (Wildman–Crippen LogP) is 5.15. The van der Waals surface area contributed by atoms with E-state index in [-0.39, 0.29) is 0 Å². The molecule has 1 aromatic carbocycles. The van der Waals surface area contributed by atoms with Crippen LogP contribution in [0.25, 0.3) is 0 Å². The van der Waals surface area contributed by atoms with Gasteiger partial charge in [0.05, 0.1) is 0 Å². The summed E-state index contributed by atoms with van der Waals surface area (Å²) in [5.41, 5.74) is 2.82. The lowest BCUT2D eigenvalue weighted by molar-refractivity contribution is 0.528. The summed E-state index contributed by atoms with van der Waals surface area (Å²) < 4.78 is 0. The molecule has 1 unspecified atom stereocenters. The van der Waals surface area contributed by atoms with Crippen LogP contribution < -0.4 is 5.32 Å². The van der Waals surface area contributed by atoms with Crippen LogP contribution >= 0.6 is 11.3 Å². The first-order valence-electron chi connectivity index (χ1n) is 7.50. The molecule has 0 saturated carbocycles. The maximum atomic E-state index is 3.45. The van der Waals surface area contributed by atoms with Gasteiger partial charge < -0.3 is 5.32 Å². The molecule has 108 valence electrons. The normalized spacial score (nSPS) is 12.8. The fourth-order valence-electron chi connectivity index (χ4n) is 2.53. The number of aryl methyl sites for hydroxylation is 1. The first-order valence-corrected chi connectivity index (χ1v) is 8.38. The Bertz CT molecular complexity index is 485. The molecule has 1 atom stereocenters. The van der Waals surface area contributed by atoms with Gasteiger partial charge in [-0.15, -0.1) is 11.3 Å². The van der Waals surface area contributed by atoms with Crippen LogP contribution in [0, 0.1) is 0 Å². The third kappa shape index (κ3) is 4.19. The molecule has 0 fully saturated rings. The Balaban J connectivity index is 1.90. The summed E-state index contributed by atoms with van der Waals surface area (Å²) >= 11 is 1.86. The zero-order valence-electron chi connectivity index (χ0n) is 12.7. The molecule has 0 spiro atoms. The third-order valence-corrected chi connectivity index (χ3v) is 4.79. The first-order chi connectivity index (χ1) is 9.70. The molecular formula is C18H25NS. The van der Waals surface area contributed by atoms with Gasteiger partial charge in [-0.05, 0) is 54.8 Å². The Kier molecular flexibility index (Phi) is 5.81. The molecule has 0 aliphatic rings. The van der Waals surface area contributed by atoms with Gasteiger partial charge in [0.15, 0.2) is 0 Å². The predicted molar refractivity (Wildman–Crippen MR) is 89.6 cm³/mol. The van der Waals surface area contributed by atoms with Crippen molar-refractivity contribution in [2.24, 2.45) is 0 Å². The minimum atomic E-state index is 0.469. The van der Waals surface area contributed by atoms with Crippen molar-refractivity contribution in [3.63, 3.8) is 0 Å². The molecule has 2 aromatic rings. The maximum Gasteiger partial charge on any atom is 0.0317 e. The summed E-state index contributed by atoms with van der Waals surface area (Å²) in [6.07, 6.45) is 3.62. The van der Waals surface area contributed by atoms with E-state index in [0.717, 1.165) is 0 Å². The van der Waals surface area contributed by atoms with Crippen LogP contribution in [0.15, 0.2) is 41.8 Å². The summed E-state index contributed by atoms with van der Waals surface area (Å²) in [6, 6.07) is 13.9. The van der Waals surface area contributed by atoms with Crippen molar-refractivity contribution in [3.05, 3.63) is 57.8 Å². The van der Waals surface area contributed by atoms with Crippen LogP contribution in [0.3, 0.4) is 0 Å². The Morgan fingerprint density at radius 2 is 1.75 bits per heavy atom. The monoisotopic (exact) mass is 287 g/mol. The summed E-state index contributed by atoms with van der Waals surface area (Å²) in [5.74, 6) is 0.607. The molecule has 1 aromatic heterocycles. The van der Waals surface area contributed by atoms with Crippen molar-refractivity contribution in [1.29, 1.82) is 0 Å². The largest absolute Gasteiger partial charge is 0.313 e. The minimum absolute atomic E-state index is 0.469. The maximum absolute atomic E-state index is 3.45. The standard InChI is InChI=1S/C18H25NS/c1-14(2)15-9-11-16(12-10-15)18(19-3)8-4-6-17-7-5-13-20-17/h5,7,9-14,18-19H,4,6,8H2,1-3H3. The van der Waals surface area contributed by atoms with Crippen molar-refractivity contribution in [2.75, 3.05) is 7.05 Å². The lowest BCUT2D eigenvalue weighted by Crippen LogP contribution is -2.16. The Morgan fingerprint density at radius 1 is 1.05 bits per heavy atom. The van der Waals surface area contributed by atoms with Gasteiger partial charge in [0.25, 0.3) is 0 Å². The average Bonchev–Trinajstić information content (AvgIpc) is 2.97. The fourth-order valence-corrected chi connectivity index (χ4v) is 3.28. The Morgan fingerprint density at radius 3 is 2.30 bits per heavy atom. The van der Waals surface area contributed by atoms with Gasteiger partial charge in [-0.1, -0.05) is 44.2 Å². The second kappa shape index (κ2) is 7.61. The molecule has 2 rings (SSSR count). The minimum Gasteiger partial charge on any atom is -0.313 e. The van der Waals surface area contributed by atoms with E-state index in [2.05, 4.69) is 68.0 Å². The van der Waals surface area contributed by atoms with E-state index in [1.54, 1.807) is 0 Å². The SMILES string of the molecule is CNC(CCCc1cccs1)c1ccc(C(C)C)cc1. The van der Waals surface area contributed by atoms with Crippen molar-refractivity contribution >= 4 is 11.3 Å². The molecule has 20 heavy (non-hydrogen) atoms. The number of rotatable bonds is 7. The quantitative estimate of drug-likeness (QED) is 0.742. The van der Waals surface area contributed by atoms with E-state index < -0.39 is 0 Å². The third-order valence-electron chi connectivity index (χ3n) is 3.85. The van der Waals surface area contributed by atoms with E-state index in [0.29, 0.717) is 12.0 Å². The number of hydrogen-bond donors (Lipinski definition) is 1. The Labute approximate surface area is 127 Å². The van der Waals surface area contributed by atoms with Crippen molar-refractivity contribution in [2.45, 2.75) is 45.1 Å². The molecule has 0 saturated heterocycles. The lowest BCUT2D eigenvalue weighted by atomic mass is 9.96. The number of thiophene rings is 1. The highest BCUT2D eigenvalue weighted by Gasteiger charge is 2.09. The summed E-state index contributed by atoms with van der Waals surface area (Å²) in [4.78, 5) is 1.50. The second-order valence-electron chi connectivity index (χ2n) is 5.63. The second-order valence-corrected chi connectivity index (χ2v) is 6.67. The van der Waals surface area contributed by atoms with Crippen LogP contribution in [-0.4, -0.2) is 7.05 Å². The Hall–Kier alpha value is -1.12. The van der Waals surface area contributed by atoms with Gasteiger partial charge >= 0.3 is 0 Å². The van der Waals surface area contributed by atoms with Crippen LogP contribution in [0.4, 0.5) is 0 Å². The van der Waals surface area contributed by atoms with E-state index in [1.807, 2.05) is 11.3 Å². The topological polar surface area (TPSA) is 12.0 Å². The van der Waals surface area contributed by atoms with Crippen molar-refractivity contribution < 1.29 is 0 Å². The van der Waals surface area contributed by atoms with E-state index in [9.17, 15) is 0 Å². The molecule has 2 heteroatoms. The lowest BCUT2D eigenvalue weighted by Gasteiger charge is -2.17. The van der Waals surface area contributed by atoms with Crippen molar-refractivity contribution in [3.8, 4) is 0 Å². The molecule has 0 amide bonds. The van der Waals surface area contributed by atoms with Crippen LogP contribution in [0.5, 0.6) is 0 Å². The molecule has 1 N–H and O–H groups in total. The molecule has 0 bridgehead atoms. The highest BCUT2D eigenvalue weighted by Crippen LogP contribution is 2.23. The van der Waals surface area contributed by atoms with Gasteiger partial charge in [-0.25, -0.2) is 0 Å². The van der Waals surface area contributed by atoms with Crippen LogP contribution in [0.2, 0.25) is 0 Å². The molecule has 1 heterocycles. The molecule has 0 aliphatic heterocycles. The highest BCUT2D eigenvalue weighted by atomic mass is 32.1. The van der Waals surface area contributed by atoms with Gasteiger partial charge in [0, 0.05) is 10.9 Å². The number of hydrogen-bond acceptors (Lipinski definition) is 2. The zero-order valence-corrected chi connectivity index (χ0v) is 13.5. The molecular weight excluding hydrogens is 262 g/mol. The van der Waals surface area contributed by atoms with Crippen LogP contribution in [-0.2, 0) is 6.42 Å². The van der Waals surface area contributed by atoms with E-state index in [4.69, 9.17) is 0 Å². The van der Waals surface area contributed by atoms with Gasteiger partial charge in [0.2, 0.25) is 0 Å². The van der Waals surface area contributed by atoms with E-state index >= 15 is 0 Å². The average molecular weight is 287 g/mol. The highest BCUT2D eigenvalue weighted by molar-refractivity contribution is 7.09. The van der Waals surface area contributed by atoms with Gasteiger partial charge in [0.1, 0.15) is 0 Å². The summed E-state index contributed by atoms with van der Waals surface area (Å²) in [5, 5.41) is 5.61. The van der Waals surface area contributed by atoms with Gasteiger partial charge in [-0.2, -0.15) is 0 Å². The molecule has 1 nitrogen and oxygen atoms in total. The van der Waals surface area contributed by atoms with Crippen LogP contribution in [0.1, 0.15) is 54.7 Å². The fraction of sp³-hybridized carbons (Fsp3) is 0.444. The van der Waals surface area contributed by atoms with Crippen molar-refractivity contribution in [1.82, 2.24) is 5.32 Å². The number of nitrogens with one attached hydrogen (secondary N) is 1.